The first-order valence-electron chi connectivity index (χ1n) is 6.24. The minimum Gasteiger partial charge on any atom is -0.383 e. The van der Waals surface area contributed by atoms with Crippen molar-refractivity contribution >= 4 is 11.4 Å². The van der Waals surface area contributed by atoms with Gasteiger partial charge < -0.3 is 10.6 Å². The first-order chi connectivity index (χ1) is 8.25. The second kappa shape index (κ2) is 4.17. The van der Waals surface area contributed by atoms with E-state index in [4.69, 9.17) is 0 Å². The van der Waals surface area contributed by atoms with Crippen molar-refractivity contribution in [2.75, 3.05) is 17.2 Å². The Morgan fingerprint density at radius 3 is 2.82 bits per heavy atom. The van der Waals surface area contributed by atoms with E-state index >= 15 is 0 Å². The summed E-state index contributed by atoms with van der Waals surface area (Å²) in [6, 6.07) is 3.06. The van der Waals surface area contributed by atoms with Crippen LogP contribution in [0.15, 0.2) is 12.1 Å². The fraction of sp³-hybridized carbons (Fsp3) is 0.538. The Hall–Kier alpha value is -1.32. The topological polar surface area (TPSA) is 24.1 Å². The number of nitrogens with one attached hydrogen (secondary N) is 2. The molecule has 1 aliphatic heterocycles. The van der Waals surface area contributed by atoms with E-state index in [9.17, 15) is 8.78 Å². The van der Waals surface area contributed by atoms with Crippen molar-refractivity contribution in [2.24, 2.45) is 5.92 Å². The fourth-order valence-electron chi connectivity index (χ4n) is 2.91. The number of benzene rings is 1. The monoisotopic (exact) mass is 238 g/mol. The van der Waals surface area contributed by atoms with Gasteiger partial charge in [-0.05, 0) is 30.9 Å². The van der Waals surface area contributed by atoms with Gasteiger partial charge >= 0.3 is 0 Å². The number of rotatable bonds is 0. The van der Waals surface area contributed by atoms with Gasteiger partial charge in [-0.15, -0.1) is 0 Å². The van der Waals surface area contributed by atoms with Gasteiger partial charge in [-0.25, -0.2) is 8.78 Å². The molecule has 0 amide bonds. The SMILES string of the molecule is Fc1ccc2c(c1F)NC1CCCCC1CN2. The second-order valence-electron chi connectivity index (χ2n) is 4.96. The van der Waals surface area contributed by atoms with E-state index in [-0.39, 0.29) is 6.04 Å². The molecule has 1 aromatic rings. The molecule has 17 heavy (non-hydrogen) atoms. The highest BCUT2D eigenvalue weighted by Crippen LogP contribution is 2.35. The molecule has 2 atom stereocenters. The van der Waals surface area contributed by atoms with Gasteiger partial charge in [-0.3, -0.25) is 0 Å². The van der Waals surface area contributed by atoms with Gasteiger partial charge in [0.2, 0.25) is 0 Å². The normalized spacial score (nSPS) is 27.2. The van der Waals surface area contributed by atoms with Crippen LogP contribution in [0.25, 0.3) is 0 Å². The van der Waals surface area contributed by atoms with Crippen LogP contribution >= 0.6 is 0 Å². The zero-order chi connectivity index (χ0) is 11.8. The summed E-state index contributed by atoms with van der Waals surface area (Å²) < 4.78 is 27.0. The van der Waals surface area contributed by atoms with Gasteiger partial charge in [0.25, 0.3) is 0 Å². The number of halogens is 2. The van der Waals surface area contributed by atoms with E-state index in [1.54, 1.807) is 6.07 Å². The molecule has 0 spiro atoms. The maximum Gasteiger partial charge on any atom is 0.183 e. The van der Waals surface area contributed by atoms with Crippen LogP contribution in [0.5, 0.6) is 0 Å². The molecule has 2 N–H and O–H groups in total. The summed E-state index contributed by atoms with van der Waals surface area (Å²) in [6.07, 6.45) is 4.60. The average molecular weight is 238 g/mol. The Labute approximate surface area is 99.4 Å². The van der Waals surface area contributed by atoms with Crippen molar-refractivity contribution in [1.82, 2.24) is 0 Å². The van der Waals surface area contributed by atoms with Gasteiger partial charge in [-0.2, -0.15) is 0 Å². The minimum absolute atomic E-state index is 0.272. The Bertz CT molecular complexity index is 434. The molecule has 0 bridgehead atoms. The van der Waals surface area contributed by atoms with E-state index < -0.39 is 11.6 Å². The Balaban J connectivity index is 1.96. The Kier molecular flexibility index (Phi) is 2.65. The van der Waals surface area contributed by atoms with Crippen LogP contribution in [-0.4, -0.2) is 12.6 Å². The third-order valence-electron chi connectivity index (χ3n) is 3.89. The molecule has 2 nitrogen and oxygen atoms in total. The number of anilines is 2. The molecule has 4 heteroatoms. The Morgan fingerprint density at radius 1 is 1.12 bits per heavy atom. The summed E-state index contributed by atoms with van der Waals surface area (Å²) >= 11 is 0. The van der Waals surface area contributed by atoms with Crippen LogP contribution in [0, 0.1) is 17.6 Å². The van der Waals surface area contributed by atoms with E-state index in [1.165, 1.54) is 18.9 Å². The summed E-state index contributed by atoms with van der Waals surface area (Å²) in [6.45, 7) is 0.843. The molecule has 1 aromatic carbocycles. The predicted octanol–water partition coefficient (Wildman–Crippen LogP) is 3.36. The molecular formula is C13H16F2N2. The van der Waals surface area contributed by atoms with Crippen molar-refractivity contribution in [1.29, 1.82) is 0 Å². The summed E-state index contributed by atoms with van der Waals surface area (Å²) in [4.78, 5) is 0. The van der Waals surface area contributed by atoms with E-state index in [1.807, 2.05) is 0 Å². The first kappa shape index (κ1) is 10.8. The molecular weight excluding hydrogens is 222 g/mol. The highest BCUT2D eigenvalue weighted by atomic mass is 19.2. The molecule has 0 radical (unpaired) electrons. The third kappa shape index (κ3) is 1.85. The standard InChI is InChI=1S/C13H16F2N2/c14-9-5-6-11-13(12(9)15)17-10-4-2-1-3-8(10)7-16-11/h5-6,8,10,16-17H,1-4,7H2. The van der Waals surface area contributed by atoms with E-state index in [2.05, 4.69) is 10.6 Å². The number of hydrogen-bond acceptors (Lipinski definition) is 2. The maximum absolute atomic E-state index is 13.7. The summed E-state index contributed by atoms with van der Waals surface area (Å²) in [7, 11) is 0. The van der Waals surface area contributed by atoms with Gasteiger partial charge in [0.15, 0.2) is 11.6 Å². The number of hydrogen-bond donors (Lipinski definition) is 2. The molecule has 3 rings (SSSR count). The molecule has 92 valence electrons. The van der Waals surface area contributed by atoms with Crippen LogP contribution < -0.4 is 10.6 Å². The van der Waals surface area contributed by atoms with E-state index in [0.717, 1.165) is 19.4 Å². The summed E-state index contributed by atoms with van der Waals surface area (Å²) in [5.41, 5.74) is 0.984. The Morgan fingerprint density at radius 2 is 1.94 bits per heavy atom. The predicted molar refractivity (Wildman–Crippen MR) is 64.2 cm³/mol. The summed E-state index contributed by atoms with van der Waals surface area (Å²) in [5, 5.41) is 6.42. The third-order valence-corrected chi connectivity index (χ3v) is 3.89. The lowest BCUT2D eigenvalue weighted by molar-refractivity contribution is 0.341. The van der Waals surface area contributed by atoms with Gasteiger partial charge in [0, 0.05) is 12.6 Å². The van der Waals surface area contributed by atoms with Crippen LogP contribution in [0.1, 0.15) is 25.7 Å². The highest BCUT2D eigenvalue weighted by Gasteiger charge is 2.29. The van der Waals surface area contributed by atoms with Crippen LogP contribution in [-0.2, 0) is 0 Å². The van der Waals surface area contributed by atoms with Gasteiger partial charge in [0.05, 0.1) is 11.4 Å². The molecule has 1 fully saturated rings. The van der Waals surface area contributed by atoms with Crippen molar-refractivity contribution in [3.8, 4) is 0 Å². The molecule has 2 aliphatic rings. The van der Waals surface area contributed by atoms with Crippen molar-refractivity contribution in [2.45, 2.75) is 31.7 Å². The molecule has 1 heterocycles. The first-order valence-corrected chi connectivity index (χ1v) is 6.24. The maximum atomic E-state index is 13.7. The fourth-order valence-corrected chi connectivity index (χ4v) is 2.91. The quantitative estimate of drug-likeness (QED) is 0.724. The van der Waals surface area contributed by atoms with Gasteiger partial charge in [0.1, 0.15) is 0 Å². The molecule has 2 unspecified atom stereocenters. The van der Waals surface area contributed by atoms with Crippen LogP contribution in [0.4, 0.5) is 20.2 Å². The lowest BCUT2D eigenvalue weighted by Gasteiger charge is -2.30. The number of fused-ring (bicyclic) bond motifs is 2. The molecule has 1 saturated carbocycles. The lowest BCUT2D eigenvalue weighted by atomic mass is 9.84. The molecule has 1 aliphatic carbocycles. The lowest BCUT2D eigenvalue weighted by Crippen LogP contribution is -2.34. The summed E-state index contributed by atoms with van der Waals surface area (Å²) in [5.74, 6) is -1.04. The average Bonchev–Trinajstić information content (AvgIpc) is 2.54. The second-order valence-corrected chi connectivity index (χ2v) is 4.96. The highest BCUT2D eigenvalue weighted by molar-refractivity contribution is 5.70. The van der Waals surface area contributed by atoms with Gasteiger partial charge in [-0.1, -0.05) is 12.8 Å². The zero-order valence-corrected chi connectivity index (χ0v) is 9.60. The van der Waals surface area contributed by atoms with Crippen molar-refractivity contribution < 1.29 is 8.78 Å². The smallest absolute Gasteiger partial charge is 0.183 e. The minimum atomic E-state index is -0.785. The van der Waals surface area contributed by atoms with Crippen LogP contribution in [0.3, 0.4) is 0 Å². The van der Waals surface area contributed by atoms with Crippen molar-refractivity contribution in [3.63, 3.8) is 0 Å². The van der Waals surface area contributed by atoms with E-state index in [0.29, 0.717) is 17.3 Å². The van der Waals surface area contributed by atoms with Crippen molar-refractivity contribution in [3.05, 3.63) is 23.8 Å². The molecule has 0 saturated heterocycles. The largest absolute Gasteiger partial charge is 0.383 e. The zero-order valence-electron chi connectivity index (χ0n) is 9.60. The van der Waals surface area contributed by atoms with Crippen LogP contribution in [0.2, 0.25) is 0 Å². The molecule has 0 aromatic heterocycles.